The summed E-state index contributed by atoms with van der Waals surface area (Å²) < 4.78 is 5.36. The number of allylic oxidation sites excluding steroid dienone is 2. The highest BCUT2D eigenvalue weighted by Gasteiger charge is 1.94. The largest absolute Gasteiger partial charge is 0.499 e. The van der Waals surface area contributed by atoms with E-state index in [4.69, 9.17) is 4.74 Å². The first-order chi connectivity index (χ1) is 4.70. The predicted molar refractivity (Wildman–Crippen MR) is 44.8 cm³/mol. The summed E-state index contributed by atoms with van der Waals surface area (Å²) in [7, 11) is 0. The second kappa shape index (κ2) is 5.33. The molecule has 1 heteroatoms. The van der Waals surface area contributed by atoms with Crippen molar-refractivity contribution in [2.24, 2.45) is 5.92 Å². The number of rotatable bonds is 4. The minimum atomic E-state index is 0.599. The van der Waals surface area contributed by atoms with E-state index in [2.05, 4.69) is 26.8 Å². The van der Waals surface area contributed by atoms with Gasteiger partial charge in [-0.05, 0) is 18.9 Å². The van der Waals surface area contributed by atoms with Gasteiger partial charge in [0.05, 0.1) is 12.4 Å². The third-order valence-electron chi connectivity index (χ3n) is 1.20. The van der Waals surface area contributed by atoms with E-state index in [0.29, 0.717) is 5.92 Å². The summed E-state index contributed by atoms with van der Waals surface area (Å²) in [5.41, 5.74) is 0. The summed E-state index contributed by atoms with van der Waals surface area (Å²) >= 11 is 0. The molecule has 60 valence electrons. The van der Waals surface area contributed by atoms with Gasteiger partial charge >= 0.3 is 0 Å². The van der Waals surface area contributed by atoms with Crippen LogP contribution in [-0.2, 0) is 4.74 Å². The lowest BCUT2D eigenvalue weighted by atomic mass is 10.2. The van der Waals surface area contributed by atoms with Crippen molar-refractivity contribution in [3.05, 3.63) is 11.8 Å². The SMILES string of the molecule is CCO/C(=C\C(C)C)CC. The first-order valence-corrected chi connectivity index (χ1v) is 4.04. The first kappa shape index (κ1) is 9.54. The highest BCUT2D eigenvalue weighted by Crippen LogP contribution is 2.07. The third-order valence-corrected chi connectivity index (χ3v) is 1.20. The van der Waals surface area contributed by atoms with Gasteiger partial charge in [-0.15, -0.1) is 0 Å². The molecule has 0 aliphatic carbocycles. The van der Waals surface area contributed by atoms with Gasteiger partial charge in [0.1, 0.15) is 0 Å². The molecule has 0 atom stereocenters. The van der Waals surface area contributed by atoms with Gasteiger partial charge in [0, 0.05) is 6.42 Å². The second-order valence-electron chi connectivity index (χ2n) is 2.66. The summed E-state index contributed by atoms with van der Waals surface area (Å²) in [4.78, 5) is 0. The van der Waals surface area contributed by atoms with Crippen LogP contribution < -0.4 is 0 Å². The Bertz CT molecular complexity index is 103. The van der Waals surface area contributed by atoms with Gasteiger partial charge in [-0.25, -0.2) is 0 Å². The van der Waals surface area contributed by atoms with Crippen molar-refractivity contribution in [3.63, 3.8) is 0 Å². The number of hydrogen-bond donors (Lipinski definition) is 0. The average molecular weight is 142 g/mol. The Kier molecular flexibility index (Phi) is 5.09. The zero-order valence-electron chi connectivity index (χ0n) is 7.48. The van der Waals surface area contributed by atoms with Crippen molar-refractivity contribution in [2.45, 2.75) is 34.1 Å². The maximum absolute atomic E-state index is 5.36. The molecule has 0 aliphatic heterocycles. The van der Waals surface area contributed by atoms with E-state index in [0.717, 1.165) is 18.8 Å². The van der Waals surface area contributed by atoms with E-state index < -0.39 is 0 Å². The van der Waals surface area contributed by atoms with Crippen molar-refractivity contribution >= 4 is 0 Å². The molecule has 0 rings (SSSR count). The molecule has 0 amide bonds. The van der Waals surface area contributed by atoms with E-state index in [9.17, 15) is 0 Å². The lowest BCUT2D eigenvalue weighted by Crippen LogP contribution is -1.92. The molecule has 0 unspecified atom stereocenters. The topological polar surface area (TPSA) is 9.23 Å². The minimum absolute atomic E-state index is 0.599. The maximum Gasteiger partial charge on any atom is 0.0919 e. The standard InChI is InChI=1S/C9H18O/c1-5-9(10-6-2)7-8(3)4/h7-8H,5-6H2,1-4H3/b9-7-. The van der Waals surface area contributed by atoms with Crippen LogP contribution in [0.15, 0.2) is 11.8 Å². The molecule has 1 nitrogen and oxygen atoms in total. The fourth-order valence-electron chi connectivity index (χ4n) is 0.825. The monoisotopic (exact) mass is 142 g/mol. The maximum atomic E-state index is 5.36. The molecule has 0 aliphatic rings. The normalized spacial score (nSPS) is 12.3. The highest BCUT2D eigenvalue weighted by molar-refractivity contribution is 4.93. The summed E-state index contributed by atoms with van der Waals surface area (Å²) in [6, 6.07) is 0. The van der Waals surface area contributed by atoms with Gasteiger partial charge in [0.25, 0.3) is 0 Å². The van der Waals surface area contributed by atoms with Crippen LogP contribution in [0.2, 0.25) is 0 Å². The molecule has 0 aromatic carbocycles. The van der Waals surface area contributed by atoms with Crippen LogP contribution >= 0.6 is 0 Å². The van der Waals surface area contributed by atoms with Gasteiger partial charge in [-0.2, -0.15) is 0 Å². The molecule has 0 heterocycles. The van der Waals surface area contributed by atoms with Gasteiger partial charge in [-0.1, -0.05) is 20.8 Å². The van der Waals surface area contributed by atoms with Crippen molar-refractivity contribution in [2.75, 3.05) is 6.61 Å². The molecule has 0 bridgehead atoms. The van der Waals surface area contributed by atoms with Crippen molar-refractivity contribution in [3.8, 4) is 0 Å². The van der Waals surface area contributed by atoms with Crippen LogP contribution in [0, 0.1) is 5.92 Å². The number of hydrogen-bond acceptors (Lipinski definition) is 1. The Morgan fingerprint density at radius 1 is 1.40 bits per heavy atom. The molecular weight excluding hydrogens is 124 g/mol. The third kappa shape index (κ3) is 4.42. The van der Waals surface area contributed by atoms with E-state index in [1.807, 2.05) is 6.92 Å². The van der Waals surface area contributed by atoms with Crippen molar-refractivity contribution < 1.29 is 4.74 Å². The van der Waals surface area contributed by atoms with Crippen LogP contribution in [0.1, 0.15) is 34.1 Å². The van der Waals surface area contributed by atoms with Crippen LogP contribution in [0.4, 0.5) is 0 Å². The highest BCUT2D eigenvalue weighted by atomic mass is 16.5. The molecule has 0 radical (unpaired) electrons. The molecule has 0 aromatic rings. The lowest BCUT2D eigenvalue weighted by Gasteiger charge is -2.06. The van der Waals surface area contributed by atoms with E-state index in [-0.39, 0.29) is 0 Å². The van der Waals surface area contributed by atoms with E-state index >= 15 is 0 Å². The van der Waals surface area contributed by atoms with Crippen LogP contribution in [0.5, 0.6) is 0 Å². The average Bonchev–Trinajstić information content (AvgIpc) is 1.86. The predicted octanol–water partition coefficient (Wildman–Crippen LogP) is 2.97. The van der Waals surface area contributed by atoms with Gasteiger partial charge in [0.2, 0.25) is 0 Å². The molecule has 0 aromatic heterocycles. The fourth-order valence-corrected chi connectivity index (χ4v) is 0.825. The second-order valence-corrected chi connectivity index (χ2v) is 2.66. The molecule has 10 heavy (non-hydrogen) atoms. The Balaban J connectivity index is 3.78. The van der Waals surface area contributed by atoms with E-state index in [1.54, 1.807) is 0 Å². The van der Waals surface area contributed by atoms with Crippen LogP contribution in [0.3, 0.4) is 0 Å². The summed E-state index contributed by atoms with van der Waals surface area (Å²) in [5, 5.41) is 0. The quantitative estimate of drug-likeness (QED) is 0.548. The lowest BCUT2D eigenvalue weighted by molar-refractivity contribution is 0.218. The van der Waals surface area contributed by atoms with Crippen LogP contribution in [0.25, 0.3) is 0 Å². The van der Waals surface area contributed by atoms with Gasteiger partial charge < -0.3 is 4.74 Å². The molecule has 0 spiro atoms. The first-order valence-electron chi connectivity index (χ1n) is 4.04. The smallest absolute Gasteiger partial charge is 0.0919 e. The van der Waals surface area contributed by atoms with Gasteiger partial charge in [0.15, 0.2) is 0 Å². The zero-order chi connectivity index (χ0) is 7.98. The zero-order valence-corrected chi connectivity index (χ0v) is 7.48. The Morgan fingerprint density at radius 2 is 2.00 bits per heavy atom. The Morgan fingerprint density at radius 3 is 2.30 bits per heavy atom. The molecule has 0 saturated heterocycles. The summed E-state index contributed by atoms with van der Waals surface area (Å²) in [6.45, 7) is 9.24. The Labute approximate surface area is 64.1 Å². The van der Waals surface area contributed by atoms with Crippen molar-refractivity contribution in [1.29, 1.82) is 0 Å². The number of ether oxygens (including phenoxy) is 1. The Hall–Kier alpha value is -0.460. The van der Waals surface area contributed by atoms with E-state index in [1.165, 1.54) is 0 Å². The summed E-state index contributed by atoms with van der Waals surface area (Å²) in [6.07, 6.45) is 3.18. The molecule has 0 saturated carbocycles. The molecule has 0 fully saturated rings. The summed E-state index contributed by atoms with van der Waals surface area (Å²) in [5.74, 6) is 1.72. The van der Waals surface area contributed by atoms with Crippen LogP contribution in [-0.4, -0.2) is 6.61 Å². The van der Waals surface area contributed by atoms with Crippen molar-refractivity contribution in [1.82, 2.24) is 0 Å². The van der Waals surface area contributed by atoms with Gasteiger partial charge in [-0.3, -0.25) is 0 Å². The fraction of sp³-hybridized carbons (Fsp3) is 0.778. The minimum Gasteiger partial charge on any atom is -0.499 e. The molecule has 0 N–H and O–H groups in total. The molecular formula is C9H18O.